The predicted molar refractivity (Wildman–Crippen MR) is 132 cm³/mol. The first-order chi connectivity index (χ1) is 18.0. The molecule has 0 spiro atoms. The third-order valence-corrected chi connectivity index (χ3v) is 7.58. The Morgan fingerprint density at radius 2 is 1.68 bits per heavy atom. The van der Waals surface area contributed by atoms with Crippen molar-refractivity contribution in [2.75, 3.05) is 14.2 Å². The van der Waals surface area contributed by atoms with Crippen molar-refractivity contribution in [3.8, 4) is 17.2 Å². The molecule has 1 aliphatic heterocycles. The lowest BCUT2D eigenvalue weighted by Gasteiger charge is -2.40. The Hall–Kier alpha value is -3.92. The standard InChI is InChI=1S/C28H27N3O6/c1-34-18-13-19(35-2)24-20(14-18)37-28(17-11-7-4-8-12-17)23(16-9-5-3-6-10-16)22(25(32)27(24,28)33)26-31-30-21(15-29)36-26/h3-14,22-23,25,32-33H,15,29H2,1-2H3. The molecular weight excluding hydrogens is 474 g/mol. The van der Waals surface area contributed by atoms with Crippen molar-refractivity contribution in [2.24, 2.45) is 5.73 Å². The average Bonchev–Trinajstić information content (AvgIpc) is 3.58. The van der Waals surface area contributed by atoms with Crippen LogP contribution in [0.1, 0.15) is 40.3 Å². The summed E-state index contributed by atoms with van der Waals surface area (Å²) in [6.07, 6.45) is -1.42. The van der Waals surface area contributed by atoms with Gasteiger partial charge in [0.2, 0.25) is 11.8 Å². The average molecular weight is 502 g/mol. The van der Waals surface area contributed by atoms with Gasteiger partial charge in [-0.1, -0.05) is 60.7 Å². The number of methoxy groups -OCH3 is 2. The maximum Gasteiger partial charge on any atom is 0.230 e. The number of aromatic nitrogens is 2. The Balaban J connectivity index is 1.71. The molecule has 2 aliphatic rings. The van der Waals surface area contributed by atoms with Crippen molar-refractivity contribution >= 4 is 0 Å². The van der Waals surface area contributed by atoms with Gasteiger partial charge in [0, 0.05) is 18.1 Å². The first kappa shape index (κ1) is 23.5. The van der Waals surface area contributed by atoms with Crippen LogP contribution in [-0.4, -0.2) is 40.7 Å². The summed E-state index contributed by atoms with van der Waals surface area (Å²) in [5.41, 5.74) is 4.10. The molecule has 1 aliphatic carbocycles. The Bertz CT molecular complexity index is 1430. The van der Waals surface area contributed by atoms with Gasteiger partial charge in [-0.15, -0.1) is 10.2 Å². The van der Waals surface area contributed by atoms with Gasteiger partial charge in [0.25, 0.3) is 0 Å². The summed E-state index contributed by atoms with van der Waals surface area (Å²) in [4.78, 5) is 0. The van der Waals surface area contributed by atoms with Crippen molar-refractivity contribution in [1.82, 2.24) is 10.2 Å². The molecule has 6 rings (SSSR count). The van der Waals surface area contributed by atoms with Crippen molar-refractivity contribution in [1.29, 1.82) is 0 Å². The van der Waals surface area contributed by atoms with E-state index in [1.807, 2.05) is 60.7 Å². The quantitative estimate of drug-likeness (QED) is 0.365. The Morgan fingerprint density at radius 3 is 2.30 bits per heavy atom. The summed E-state index contributed by atoms with van der Waals surface area (Å²) in [7, 11) is 3.04. The minimum absolute atomic E-state index is 0.0485. The molecule has 37 heavy (non-hydrogen) atoms. The maximum atomic E-state index is 12.8. The molecular formula is C28H27N3O6. The lowest BCUT2D eigenvalue weighted by atomic mass is 9.70. The van der Waals surface area contributed by atoms with Crippen LogP contribution >= 0.6 is 0 Å². The molecule has 5 unspecified atom stereocenters. The molecule has 4 N–H and O–H groups in total. The Morgan fingerprint density at radius 1 is 0.973 bits per heavy atom. The molecule has 2 heterocycles. The Kier molecular flexibility index (Phi) is 5.45. The van der Waals surface area contributed by atoms with Crippen molar-refractivity contribution in [2.45, 2.75) is 35.7 Å². The van der Waals surface area contributed by atoms with Gasteiger partial charge in [-0.25, -0.2) is 0 Å². The van der Waals surface area contributed by atoms with Crippen LogP contribution in [0.3, 0.4) is 0 Å². The molecule has 0 radical (unpaired) electrons. The van der Waals surface area contributed by atoms with Gasteiger partial charge in [0.1, 0.15) is 23.4 Å². The van der Waals surface area contributed by atoms with Gasteiger partial charge >= 0.3 is 0 Å². The first-order valence-electron chi connectivity index (χ1n) is 12.0. The van der Waals surface area contributed by atoms with E-state index in [9.17, 15) is 10.2 Å². The summed E-state index contributed by atoms with van der Waals surface area (Å²) < 4.78 is 23.9. The number of ether oxygens (including phenoxy) is 3. The van der Waals surface area contributed by atoms with Crippen LogP contribution in [0.15, 0.2) is 77.2 Å². The number of benzene rings is 3. The van der Waals surface area contributed by atoms with E-state index in [1.54, 1.807) is 19.2 Å². The molecule has 1 saturated carbocycles. The summed E-state index contributed by atoms with van der Waals surface area (Å²) in [5, 5.41) is 33.2. The van der Waals surface area contributed by atoms with Gasteiger partial charge < -0.3 is 34.6 Å². The zero-order valence-corrected chi connectivity index (χ0v) is 20.4. The van der Waals surface area contributed by atoms with E-state index in [-0.39, 0.29) is 18.3 Å². The highest BCUT2D eigenvalue weighted by Gasteiger charge is 2.78. The number of nitrogens with zero attached hydrogens (tertiary/aromatic N) is 2. The monoisotopic (exact) mass is 501 g/mol. The zero-order valence-electron chi connectivity index (χ0n) is 20.4. The number of rotatable bonds is 6. The molecule has 3 aromatic carbocycles. The highest BCUT2D eigenvalue weighted by molar-refractivity contribution is 5.63. The molecule has 0 amide bonds. The predicted octanol–water partition coefficient (Wildman–Crippen LogP) is 2.96. The van der Waals surface area contributed by atoms with Crippen LogP contribution in [0.4, 0.5) is 0 Å². The highest BCUT2D eigenvalue weighted by atomic mass is 16.5. The largest absolute Gasteiger partial charge is 0.496 e. The van der Waals surface area contributed by atoms with Gasteiger partial charge in [0.15, 0.2) is 11.2 Å². The molecule has 1 fully saturated rings. The Labute approximate surface area is 213 Å². The summed E-state index contributed by atoms with van der Waals surface area (Å²) in [6, 6.07) is 22.3. The van der Waals surface area contributed by atoms with Crippen LogP contribution in [-0.2, 0) is 17.7 Å². The number of hydrogen-bond acceptors (Lipinski definition) is 9. The summed E-state index contributed by atoms with van der Waals surface area (Å²) in [5.74, 6) is 0.0938. The smallest absolute Gasteiger partial charge is 0.230 e. The summed E-state index contributed by atoms with van der Waals surface area (Å²) in [6.45, 7) is 0.0485. The third-order valence-electron chi connectivity index (χ3n) is 7.58. The molecule has 5 atom stereocenters. The van der Waals surface area contributed by atoms with Gasteiger partial charge in [-0.3, -0.25) is 0 Å². The number of hydrogen-bond donors (Lipinski definition) is 3. The van der Waals surface area contributed by atoms with Crippen LogP contribution in [0.5, 0.6) is 17.2 Å². The fourth-order valence-corrected chi connectivity index (χ4v) is 6.11. The molecule has 9 heteroatoms. The van der Waals surface area contributed by atoms with E-state index in [0.29, 0.717) is 28.4 Å². The van der Waals surface area contributed by atoms with Crippen molar-refractivity contribution in [3.05, 3.63) is 101 Å². The van der Waals surface area contributed by atoms with Crippen LogP contribution in [0, 0.1) is 0 Å². The van der Waals surface area contributed by atoms with E-state index in [4.69, 9.17) is 24.4 Å². The summed E-state index contributed by atoms with van der Waals surface area (Å²) >= 11 is 0. The maximum absolute atomic E-state index is 12.8. The number of aliphatic hydroxyl groups is 2. The molecule has 0 saturated heterocycles. The number of aliphatic hydroxyl groups excluding tert-OH is 1. The van der Waals surface area contributed by atoms with E-state index in [0.717, 1.165) is 5.56 Å². The molecule has 4 aromatic rings. The number of fused-ring (bicyclic) bond motifs is 3. The van der Waals surface area contributed by atoms with E-state index < -0.39 is 29.1 Å². The van der Waals surface area contributed by atoms with Crippen molar-refractivity contribution in [3.63, 3.8) is 0 Å². The van der Waals surface area contributed by atoms with E-state index in [2.05, 4.69) is 10.2 Å². The third kappa shape index (κ3) is 3.08. The lowest BCUT2D eigenvalue weighted by Crippen LogP contribution is -2.52. The minimum atomic E-state index is -1.97. The molecule has 9 nitrogen and oxygen atoms in total. The van der Waals surface area contributed by atoms with Gasteiger partial charge in [-0.2, -0.15) is 0 Å². The lowest BCUT2D eigenvalue weighted by molar-refractivity contribution is -0.151. The normalized spacial score (nSPS) is 27.9. The second-order valence-corrected chi connectivity index (χ2v) is 9.27. The molecule has 0 bridgehead atoms. The van der Waals surface area contributed by atoms with Crippen LogP contribution < -0.4 is 19.9 Å². The van der Waals surface area contributed by atoms with Gasteiger partial charge in [-0.05, 0) is 11.1 Å². The zero-order chi connectivity index (χ0) is 25.8. The second kappa shape index (κ2) is 8.58. The molecule has 190 valence electrons. The van der Waals surface area contributed by atoms with Crippen LogP contribution in [0.25, 0.3) is 0 Å². The van der Waals surface area contributed by atoms with E-state index in [1.165, 1.54) is 7.11 Å². The SMILES string of the molecule is COc1cc(OC)c2c(c1)OC1(c3ccccc3)C(c3ccccc3)C(c3nnc(CN)o3)C(O)C21O. The van der Waals surface area contributed by atoms with E-state index >= 15 is 0 Å². The number of nitrogens with two attached hydrogens (primary N) is 1. The second-order valence-electron chi connectivity index (χ2n) is 9.27. The van der Waals surface area contributed by atoms with Crippen LogP contribution in [0.2, 0.25) is 0 Å². The fraction of sp³-hybridized carbons (Fsp3) is 0.286. The molecule has 1 aromatic heterocycles. The fourth-order valence-electron chi connectivity index (χ4n) is 6.11. The minimum Gasteiger partial charge on any atom is -0.496 e. The highest BCUT2D eigenvalue weighted by Crippen LogP contribution is 2.71. The van der Waals surface area contributed by atoms with Crippen molar-refractivity contribution < 1.29 is 28.8 Å². The topological polar surface area (TPSA) is 133 Å². The van der Waals surface area contributed by atoms with Gasteiger partial charge in [0.05, 0.1) is 32.2 Å². The first-order valence-corrected chi connectivity index (χ1v) is 12.0.